The number of hydrogen-bond donors (Lipinski definition) is 1. The van der Waals surface area contributed by atoms with Crippen LogP contribution in [0.4, 0.5) is 4.39 Å². The Morgan fingerprint density at radius 1 is 1.32 bits per heavy atom. The molecular formula is C22H29FN4O3S. The number of halogens is 1. The smallest absolute Gasteiger partial charge is 0.227 e. The molecule has 0 unspecified atom stereocenters. The van der Waals surface area contributed by atoms with E-state index >= 15 is 0 Å². The maximum absolute atomic E-state index is 13.5. The summed E-state index contributed by atoms with van der Waals surface area (Å²) in [5, 5.41) is 0.967. The molecule has 0 amide bonds. The summed E-state index contributed by atoms with van der Waals surface area (Å²) in [6, 6.07) is 6.62. The molecule has 1 saturated heterocycles. The number of sulfone groups is 1. The summed E-state index contributed by atoms with van der Waals surface area (Å²) >= 11 is 0. The van der Waals surface area contributed by atoms with Crippen LogP contribution in [0, 0.1) is 5.82 Å². The fourth-order valence-electron chi connectivity index (χ4n) is 4.19. The van der Waals surface area contributed by atoms with E-state index in [0.29, 0.717) is 32.7 Å². The SMILES string of the molecule is CCCS(=O)(=O)c1ncc(CN(C)Cc2cc3cc(F)ccc3[nH]2)n1C[C@H]1CCCO1. The molecule has 1 N–H and O–H groups in total. The van der Waals surface area contributed by atoms with Gasteiger partial charge in [0, 0.05) is 36.3 Å². The van der Waals surface area contributed by atoms with Crippen molar-refractivity contribution in [2.24, 2.45) is 0 Å². The van der Waals surface area contributed by atoms with Crippen LogP contribution in [0.3, 0.4) is 0 Å². The van der Waals surface area contributed by atoms with E-state index in [2.05, 4.69) is 14.9 Å². The maximum Gasteiger partial charge on any atom is 0.227 e. The first kappa shape index (κ1) is 22.0. The van der Waals surface area contributed by atoms with Crippen LogP contribution < -0.4 is 0 Å². The van der Waals surface area contributed by atoms with Crippen LogP contribution in [0.1, 0.15) is 37.6 Å². The lowest BCUT2D eigenvalue weighted by atomic mass is 10.2. The zero-order chi connectivity index (χ0) is 22.0. The Bertz CT molecular complexity index is 1150. The van der Waals surface area contributed by atoms with E-state index in [1.54, 1.807) is 12.3 Å². The summed E-state index contributed by atoms with van der Waals surface area (Å²) in [6.45, 7) is 4.20. The molecular weight excluding hydrogens is 419 g/mol. The van der Waals surface area contributed by atoms with Gasteiger partial charge in [0.25, 0.3) is 0 Å². The number of aromatic nitrogens is 3. The first-order chi connectivity index (χ1) is 14.9. The third-order valence-electron chi connectivity index (χ3n) is 5.57. The summed E-state index contributed by atoms with van der Waals surface area (Å²) in [7, 11) is -1.47. The van der Waals surface area contributed by atoms with Gasteiger partial charge in [0.1, 0.15) is 5.82 Å². The Morgan fingerprint density at radius 2 is 2.16 bits per heavy atom. The second-order valence-corrected chi connectivity index (χ2v) is 10.3. The number of fused-ring (bicyclic) bond motifs is 1. The zero-order valence-corrected chi connectivity index (χ0v) is 18.8. The quantitative estimate of drug-likeness (QED) is 0.542. The van der Waals surface area contributed by atoms with Crippen molar-refractivity contribution in [1.29, 1.82) is 0 Å². The number of nitrogens with zero attached hydrogens (tertiary/aromatic N) is 3. The fraction of sp³-hybridized carbons (Fsp3) is 0.500. The Balaban J connectivity index is 1.55. The highest BCUT2D eigenvalue weighted by molar-refractivity contribution is 7.91. The van der Waals surface area contributed by atoms with Crippen molar-refractivity contribution in [3.05, 3.63) is 47.7 Å². The highest BCUT2D eigenvalue weighted by Gasteiger charge is 2.26. The van der Waals surface area contributed by atoms with Crippen LogP contribution in [0.25, 0.3) is 10.9 Å². The molecule has 1 aliphatic rings. The van der Waals surface area contributed by atoms with Crippen LogP contribution in [0.2, 0.25) is 0 Å². The lowest BCUT2D eigenvalue weighted by Crippen LogP contribution is -2.25. The molecule has 0 aliphatic carbocycles. The molecule has 4 rings (SSSR count). The molecule has 3 aromatic rings. The molecule has 1 fully saturated rings. The second kappa shape index (κ2) is 9.10. The number of benzene rings is 1. The number of rotatable bonds is 9. The average molecular weight is 449 g/mol. The van der Waals surface area contributed by atoms with Crippen LogP contribution in [0.15, 0.2) is 35.6 Å². The molecule has 168 valence electrons. The summed E-state index contributed by atoms with van der Waals surface area (Å²) in [5.41, 5.74) is 2.70. The van der Waals surface area contributed by atoms with Gasteiger partial charge in [-0.15, -0.1) is 0 Å². The Morgan fingerprint density at radius 3 is 2.90 bits per heavy atom. The van der Waals surface area contributed by atoms with Crippen molar-refractivity contribution in [2.75, 3.05) is 19.4 Å². The third kappa shape index (κ3) is 4.99. The monoisotopic (exact) mass is 448 g/mol. The zero-order valence-electron chi connectivity index (χ0n) is 18.0. The van der Waals surface area contributed by atoms with E-state index < -0.39 is 9.84 Å². The van der Waals surface area contributed by atoms with Crippen LogP contribution in [-0.2, 0) is 34.2 Å². The molecule has 1 atom stereocenters. The van der Waals surface area contributed by atoms with Gasteiger partial charge in [0.15, 0.2) is 0 Å². The number of hydrogen-bond acceptors (Lipinski definition) is 5. The number of imidazole rings is 1. The molecule has 0 saturated carbocycles. The minimum atomic E-state index is -3.44. The molecule has 2 aromatic heterocycles. The molecule has 31 heavy (non-hydrogen) atoms. The molecule has 0 spiro atoms. The van der Waals surface area contributed by atoms with Gasteiger partial charge in [-0.25, -0.2) is 17.8 Å². The first-order valence-electron chi connectivity index (χ1n) is 10.7. The van der Waals surface area contributed by atoms with E-state index in [9.17, 15) is 12.8 Å². The molecule has 1 aromatic carbocycles. The van der Waals surface area contributed by atoms with Crippen molar-refractivity contribution in [2.45, 2.75) is 57.1 Å². The molecule has 0 bridgehead atoms. The van der Waals surface area contributed by atoms with Gasteiger partial charge in [-0.2, -0.15) is 0 Å². The fourth-order valence-corrected chi connectivity index (χ4v) is 5.65. The minimum Gasteiger partial charge on any atom is -0.376 e. The van der Waals surface area contributed by atoms with Gasteiger partial charge in [-0.05, 0) is 50.6 Å². The van der Waals surface area contributed by atoms with Crippen LogP contribution in [0.5, 0.6) is 0 Å². The van der Waals surface area contributed by atoms with E-state index in [1.165, 1.54) is 12.1 Å². The van der Waals surface area contributed by atoms with Crippen LogP contribution in [-0.4, -0.2) is 53.4 Å². The van der Waals surface area contributed by atoms with Crippen molar-refractivity contribution >= 4 is 20.7 Å². The average Bonchev–Trinajstić information content (AvgIpc) is 3.42. The summed E-state index contributed by atoms with van der Waals surface area (Å²) in [4.78, 5) is 9.69. The van der Waals surface area contributed by atoms with Gasteiger partial charge in [0.2, 0.25) is 15.0 Å². The summed E-state index contributed by atoms with van der Waals surface area (Å²) in [5.74, 6) is -0.179. The van der Waals surface area contributed by atoms with E-state index in [-0.39, 0.29) is 22.8 Å². The predicted octanol–water partition coefficient (Wildman–Crippen LogP) is 3.50. The third-order valence-corrected chi connectivity index (χ3v) is 7.40. The topological polar surface area (TPSA) is 80.2 Å². The van der Waals surface area contributed by atoms with E-state index in [4.69, 9.17) is 4.74 Å². The molecule has 0 radical (unpaired) electrons. The predicted molar refractivity (Wildman–Crippen MR) is 117 cm³/mol. The highest BCUT2D eigenvalue weighted by atomic mass is 32.2. The second-order valence-electron chi connectivity index (χ2n) is 8.30. The molecule has 9 heteroatoms. The van der Waals surface area contributed by atoms with Gasteiger partial charge < -0.3 is 14.3 Å². The molecule has 7 nitrogen and oxygen atoms in total. The number of nitrogens with one attached hydrogen (secondary N) is 1. The minimum absolute atomic E-state index is 0.0115. The van der Waals surface area contributed by atoms with Gasteiger partial charge in [-0.1, -0.05) is 6.92 Å². The van der Waals surface area contributed by atoms with Crippen molar-refractivity contribution in [1.82, 2.24) is 19.4 Å². The maximum atomic E-state index is 13.5. The number of aromatic amines is 1. The van der Waals surface area contributed by atoms with Gasteiger partial charge in [0.05, 0.1) is 30.3 Å². The number of H-pyrrole nitrogens is 1. The lowest BCUT2D eigenvalue weighted by molar-refractivity contribution is 0.0934. The molecule has 1 aliphatic heterocycles. The standard InChI is InChI=1S/C22H29FN4O3S/c1-3-9-31(28,29)22-24-12-19(27(22)15-20-5-4-8-30-20)14-26(2)13-18-11-16-10-17(23)6-7-21(16)25-18/h6-7,10-12,20,25H,3-5,8-9,13-15H2,1-2H3/t20-/m1/s1. The van der Waals surface area contributed by atoms with E-state index in [1.807, 2.05) is 24.6 Å². The summed E-state index contributed by atoms with van der Waals surface area (Å²) in [6.07, 6.45) is 4.14. The van der Waals surface area contributed by atoms with Gasteiger partial charge in [-0.3, -0.25) is 4.90 Å². The Kier molecular flexibility index (Phi) is 6.45. The van der Waals surface area contributed by atoms with Crippen LogP contribution >= 0.6 is 0 Å². The Hall–Kier alpha value is -2.23. The largest absolute Gasteiger partial charge is 0.376 e. The van der Waals surface area contributed by atoms with E-state index in [0.717, 1.165) is 35.1 Å². The highest BCUT2D eigenvalue weighted by Crippen LogP contribution is 2.22. The molecule has 3 heterocycles. The lowest BCUT2D eigenvalue weighted by Gasteiger charge is -2.20. The summed E-state index contributed by atoms with van der Waals surface area (Å²) < 4.78 is 46.6. The van der Waals surface area contributed by atoms with Crippen molar-refractivity contribution in [3.8, 4) is 0 Å². The number of ether oxygens (including phenoxy) is 1. The first-order valence-corrected chi connectivity index (χ1v) is 12.4. The normalized spacial score (nSPS) is 17.2. The van der Waals surface area contributed by atoms with Gasteiger partial charge >= 0.3 is 0 Å². The van der Waals surface area contributed by atoms with Crippen molar-refractivity contribution < 1.29 is 17.5 Å². The van der Waals surface area contributed by atoms with Crippen molar-refractivity contribution in [3.63, 3.8) is 0 Å². The Labute approximate surface area is 182 Å².